The Morgan fingerprint density at radius 3 is 2.70 bits per heavy atom. The van der Waals surface area contributed by atoms with Crippen molar-refractivity contribution in [1.82, 2.24) is 5.32 Å². The van der Waals surface area contributed by atoms with E-state index in [1.54, 1.807) is 7.11 Å². The van der Waals surface area contributed by atoms with Crippen LogP contribution in [0.15, 0.2) is 0 Å². The molecule has 1 aliphatic rings. The van der Waals surface area contributed by atoms with Crippen LogP contribution in [0.5, 0.6) is 0 Å². The molecule has 0 bridgehead atoms. The third-order valence-electron chi connectivity index (χ3n) is 2.00. The van der Waals surface area contributed by atoms with Crippen molar-refractivity contribution < 1.29 is 4.74 Å². The van der Waals surface area contributed by atoms with Crippen LogP contribution in [0.4, 0.5) is 0 Å². The molecule has 1 saturated carbocycles. The fourth-order valence-corrected chi connectivity index (χ4v) is 0.980. The summed E-state index contributed by atoms with van der Waals surface area (Å²) >= 11 is 0. The average molecular weight is 143 g/mol. The van der Waals surface area contributed by atoms with Gasteiger partial charge in [0.05, 0.1) is 6.10 Å². The van der Waals surface area contributed by atoms with Crippen LogP contribution in [0, 0.1) is 0 Å². The molecule has 2 heteroatoms. The van der Waals surface area contributed by atoms with Crippen LogP contribution >= 0.6 is 0 Å². The van der Waals surface area contributed by atoms with Crippen LogP contribution in [-0.4, -0.2) is 25.8 Å². The van der Waals surface area contributed by atoms with Crippen molar-refractivity contribution >= 4 is 0 Å². The molecule has 1 aliphatic carbocycles. The zero-order valence-corrected chi connectivity index (χ0v) is 6.89. The molecule has 2 nitrogen and oxygen atoms in total. The van der Waals surface area contributed by atoms with Gasteiger partial charge in [-0.05, 0) is 19.3 Å². The molecule has 0 aliphatic heterocycles. The van der Waals surface area contributed by atoms with Crippen molar-refractivity contribution in [2.24, 2.45) is 0 Å². The summed E-state index contributed by atoms with van der Waals surface area (Å²) in [6.07, 6.45) is 4.25. The zero-order chi connectivity index (χ0) is 7.40. The van der Waals surface area contributed by atoms with Gasteiger partial charge in [-0.2, -0.15) is 0 Å². The molecule has 0 radical (unpaired) electrons. The van der Waals surface area contributed by atoms with Gasteiger partial charge >= 0.3 is 0 Å². The number of hydrogen-bond acceptors (Lipinski definition) is 2. The Balaban J connectivity index is 1.97. The van der Waals surface area contributed by atoms with E-state index in [1.165, 1.54) is 12.8 Å². The first-order valence-electron chi connectivity index (χ1n) is 4.13. The highest BCUT2D eigenvalue weighted by Gasteiger charge is 2.21. The Hall–Kier alpha value is -0.0800. The molecule has 0 aromatic heterocycles. The number of methoxy groups -OCH3 is 1. The number of nitrogens with one attached hydrogen (secondary N) is 1. The van der Waals surface area contributed by atoms with Crippen LogP contribution in [-0.2, 0) is 4.74 Å². The summed E-state index contributed by atoms with van der Waals surface area (Å²) in [7, 11) is 1.78. The lowest BCUT2D eigenvalue weighted by atomic mass is 10.3. The van der Waals surface area contributed by atoms with Crippen molar-refractivity contribution in [3.8, 4) is 0 Å². The van der Waals surface area contributed by atoms with E-state index < -0.39 is 0 Å². The van der Waals surface area contributed by atoms with Crippen molar-refractivity contribution in [1.29, 1.82) is 0 Å². The maximum atomic E-state index is 5.22. The van der Waals surface area contributed by atoms with Gasteiger partial charge in [-0.15, -0.1) is 0 Å². The third-order valence-corrected chi connectivity index (χ3v) is 2.00. The second kappa shape index (κ2) is 3.94. The van der Waals surface area contributed by atoms with Gasteiger partial charge < -0.3 is 10.1 Å². The van der Waals surface area contributed by atoms with Crippen LogP contribution < -0.4 is 5.32 Å². The van der Waals surface area contributed by atoms with Crippen molar-refractivity contribution in [3.63, 3.8) is 0 Å². The molecule has 0 aromatic rings. The lowest BCUT2D eigenvalue weighted by molar-refractivity contribution is 0.0983. The maximum absolute atomic E-state index is 5.22. The van der Waals surface area contributed by atoms with Gasteiger partial charge in [-0.25, -0.2) is 0 Å². The van der Waals surface area contributed by atoms with Gasteiger partial charge in [-0.3, -0.25) is 0 Å². The number of rotatable bonds is 5. The van der Waals surface area contributed by atoms with Crippen molar-refractivity contribution in [2.45, 2.75) is 38.3 Å². The molecule has 0 heterocycles. The molecule has 1 fully saturated rings. The SMILES string of the molecule is CCC(CNC1CC1)OC. The Morgan fingerprint density at radius 2 is 2.30 bits per heavy atom. The standard InChI is InChI=1S/C8H17NO/c1-3-8(10-2)6-9-7-4-5-7/h7-9H,3-6H2,1-2H3. The molecule has 60 valence electrons. The molecule has 10 heavy (non-hydrogen) atoms. The van der Waals surface area contributed by atoms with Crippen LogP contribution in [0.25, 0.3) is 0 Å². The van der Waals surface area contributed by atoms with E-state index >= 15 is 0 Å². The molecule has 1 unspecified atom stereocenters. The fraction of sp³-hybridized carbons (Fsp3) is 1.00. The van der Waals surface area contributed by atoms with E-state index in [-0.39, 0.29) is 0 Å². The van der Waals surface area contributed by atoms with E-state index in [4.69, 9.17) is 4.74 Å². The summed E-state index contributed by atoms with van der Waals surface area (Å²) in [4.78, 5) is 0. The minimum Gasteiger partial charge on any atom is -0.380 e. The first kappa shape index (κ1) is 8.02. The van der Waals surface area contributed by atoms with Crippen molar-refractivity contribution in [3.05, 3.63) is 0 Å². The maximum Gasteiger partial charge on any atom is 0.0693 e. The topological polar surface area (TPSA) is 21.3 Å². The first-order chi connectivity index (χ1) is 4.86. The van der Waals surface area contributed by atoms with Gasteiger partial charge in [0.1, 0.15) is 0 Å². The third kappa shape index (κ3) is 2.67. The number of hydrogen-bond donors (Lipinski definition) is 1. The van der Waals surface area contributed by atoms with Crippen LogP contribution in [0.3, 0.4) is 0 Å². The summed E-state index contributed by atoms with van der Waals surface area (Å²) in [6, 6.07) is 0.809. The second-order valence-electron chi connectivity index (χ2n) is 2.95. The monoisotopic (exact) mass is 143 g/mol. The molecule has 1 atom stereocenters. The molecule has 1 N–H and O–H groups in total. The van der Waals surface area contributed by atoms with Crippen LogP contribution in [0.2, 0.25) is 0 Å². The highest BCUT2D eigenvalue weighted by molar-refractivity contribution is 4.81. The average Bonchev–Trinajstić information content (AvgIpc) is 2.74. The summed E-state index contributed by atoms with van der Waals surface area (Å²) in [6.45, 7) is 3.18. The highest BCUT2D eigenvalue weighted by atomic mass is 16.5. The quantitative estimate of drug-likeness (QED) is 0.623. The largest absolute Gasteiger partial charge is 0.380 e. The predicted molar refractivity (Wildman–Crippen MR) is 42.1 cm³/mol. The summed E-state index contributed by atoms with van der Waals surface area (Å²) in [5.41, 5.74) is 0. The lowest BCUT2D eigenvalue weighted by Gasteiger charge is -2.12. The predicted octanol–water partition coefficient (Wildman–Crippen LogP) is 1.16. The molecular weight excluding hydrogens is 126 g/mol. The van der Waals surface area contributed by atoms with Gasteiger partial charge in [0.2, 0.25) is 0 Å². The fourth-order valence-electron chi connectivity index (χ4n) is 0.980. The molecule has 0 aromatic carbocycles. The van der Waals surface area contributed by atoms with E-state index in [1.807, 2.05) is 0 Å². The Kier molecular flexibility index (Phi) is 3.16. The summed E-state index contributed by atoms with van der Waals surface area (Å²) in [5, 5.41) is 3.43. The highest BCUT2D eigenvalue weighted by Crippen LogP contribution is 2.18. The Bertz CT molecular complexity index is 87.3. The zero-order valence-electron chi connectivity index (χ0n) is 6.89. The minimum absolute atomic E-state index is 0.417. The second-order valence-corrected chi connectivity index (χ2v) is 2.95. The molecule has 0 amide bonds. The van der Waals surface area contributed by atoms with Gasteiger partial charge in [-0.1, -0.05) is 6.92 Å². The Labute approximate surface area is 63.0 Å². The van der Waals surface area contributed by atoms with E-state index in [2.05, 4.69) is 12.2 Å². The van der Waals surface area contributed by atoms with Gasteiger partial charge in [0, 0.05) is 19.7 Å². The van der Waals surface area contributed by atoms with Crippen molar-refractivity contribution in [2.75, 3.05) is 13.7 Å². The molecule has 0 spiro atoms. The molecular formula is C8H17NO. The molecule has 0 saturated heterocycles. The minimum atomic E-state index is 0.417. The molecule has 1 rings (SSSR count). The van der Waals surface area contributed by atoms with E-state index in [9.17, 15) is 0 Å². The van der Waals surface area contributed by atoms with E-state index in [0.717, 1.165) is 19.0 Å². The van der Waals surface area contributed by atoms with Gasteiger partial charge in [0.25, 0.3) is 0 Å². The summed E-state index contributed by atoms with van der Waals surface area (Å²) in [5.74, 6) is 0. The smallest absolute Gasteiger partial charge is 0.0693 e. The summed E-state index contributed by atoms with van der Waals surface area (Å²) < 4.78 is 5.22. The van der Waals surface area contributed by atoms with Gasteiger partial charge in [0.15, 0.2) is 0 Å². The lowest BCUT2D eigenvalue weighted by Crippen LogP contribution is -2.29. The van der Waals surface area contributed by atoms with E-state index in [0.29, 0.717) is 6.10 Å². The normalized spacial score (nSPS) is 21.0. The Morgan fingerprint density at radius 1 is 1.60 bits per heavy atom. The first-order valence-corrected chi connectivity index (χ1v) is 4.13. The van der Waals surface area contributed by atoms with Crippen LogP contribution in [0.1, 0.15) is 26.2 Å². The number of ether oxygens (including phenoxy) is 1.